The molecule has 106 valence electrons. The molecule has 0 bridgehead atoms. The Bertz CT molecular complexity index is 615. The number of carboxylic acids is 2. The summed E-state index contributed by atoms with van der Waals surface area (Å²) < 4.78 is 0. The number of rotatable bonds is 3. The number of carbonyl (C=O) groups is 3. The molecule has 0 unspecified atom stereocenters. The van der Waals surface area contributed by atoms with E-state index in [0.29, 0.717) is 4.88 Å². The highest BCUT2D eigenvalue weighted by molar-refractivity contribution is 7.15. The minimum atomic E-state index is -1.00. The number of aromatic carboxylic acids is 2. The van der Waals surface area contributed by atoms with E-state index >= 15 is 0 Å². The number of aromatic amines is 1. The maximum atomic E-state index is 10.7. The fourth-order valence-electron chi connectivity index (χ4n) is 1.17. The summed E-state index contributed by atoms with van der Waals surface area (Å²) in [5.41, 5.74) is 0.819. The van der Waals surface area contributed by atoms with Crippen molar-refractivity contribution in [2.45, 2.75) is 13.8 Å². The van der Waals surface area contributed by atoms with Gasteiger partial charge in [-0.05, 0) is 32.0 Å². The highest BCUT2D eigenvalue weighted by atomic mass is 32.1. The standard InChI is InChI=1S/C7H6O3S.C5H6N2O2/c1-4(8)5-2-3-6(11-5)7(9)10;1-3-2-4(5(8)9)7-6-3/h2-3H,1H3,(H,9,10);2H,1H3,(H,6,7)(H,8,9). The van der Waals surface area contributed by atoms with Gasteiger partial charge >= 0.3 is 11.9 Å². The lowest BCUT2D eigenvalue weighted by Gasteiger charge is -1.83. The molecular formula is C12H12N2O5S. The van der Waals surface area contributed by atoms with Crippen LogP contribution >= 0.6 is 11.3 Å². The van der Waals surface area contributed by atoms with Crippen molar-refractivity contribution in [3.8, 4) is 0 Å². The molecule has 2 aromatic heterocycles. The third kappa shape index (κ3) is 4.32. The van der Waals surface area contributed by atoms with Crippen molar-refractivity contribution in [3.05, 3.63) is 39.3 Å². The number of hydrogen-bond donors (Lipinski definition) is 3. The molecule has 0 aliphatic carbocycles. The van der Waals surface area contributed by atoms with Gasteiger partial charge in [-0.25, -0.2) is 9.59 Å². The summed E-state index contributed by atoms with van der Waals surface area (Å²) in [5.74, 6) is -2.08. The zero-order chi connectivity index (χ0) is 15.3. The minimum absolute atomic E-state index is 0.0625. The molecule has 0 spiro atoms. The fourth-order valence-corrected chi connectivity index (χ4v) is 1.91. The summed E-state index contributed by atoms with van der Waals surface area (Å²) in [4.78, 5) is 31.9. The number of nitrogens with one attached hydrogen (secondary N) is 1. The average Bonchev–Trinajstić information content (AvgIpc) is 2.97. The number of carbonyl (C=O) groups excluding carboxylic acids is 1. The largest absolute Gasteiger partial charge is 0.477 e. The van der Waals surface area contributed by atoms with Gasteiger partial charge in [0.05, 0.1) is 4.88 Å². The molecule has 0 saturated carbocycles. The van der Waals surface area contributed by atoms with Crippen LogP contribution in [-0.4, -0.2) is 38.1 Å². The van der Waals surface area contributed by atoms with Crippen LogP contribution in [0.1, 0.15) is 42.4 Å². The van der Waals surface area contributed by atoms with E-state index in [2.05, 4.69) is 10.2 Å². The van der Waals surface area contributed by atoms with Gasteiger partial charge < -0.3 is 10.2 Å². The maximum absolute atomic E-state index is 10.7. The summed E-state index contributed by atoms with van der Waals surface area (Å²) in [5, 5.41) is 22.8. The van der Waals surface area contributed by atoms with Crippen molar-refractivity contribution in [1.29, 1.82) is 0 Å². The highest BCUT2D eigenvalue weighted by Gasteiger charge is 2.08. The lowest BCUT2D eigenvalue weighted by atomic mass is 10.3. The third-order valence-electron chi connectivity index (χ3n) is 2.09. The number of ketones is 1. The number of Topliss-reactive ketones (excluding diaryl/α,β-unsaturated/α-hetero) is 1. The van der Waals surface area contributed by atoms with E-state index in [4.69, 9.17) is 10.2 Å². The summed E-state index contributed by atoms with van der Waals surface area (Å²) in [7, 11) is 0. The highest BCUT2D eigenvalue weighted by Crippen LogP contribution is 2.16. The van der Waals surface area contributed by atoms with Crippen molar-refractivity contribution in [2.75, 3.05) is 0 Å². The van der Waals surface area contributed by atoms with Crippen molar-refractivity contribution < 1.29 is 24.6 Å². The molecule has 8 heteroatoms. The van der Waals surface area contributed by atoms with E-state index in [9.17, 15) is 14.4 Å². The molecule has 7 nitrogen and oxygen atoms in total. The van der Waals surface area contributed by atoms with Crippen LogP contribution in [0.2, 0.25) is 0 Å². The Hall–Kier alpha value is -2.48. The van der Waals surface area contributed by atoms with Crippen LogP contribution < -0.4 is 0 Å². The van der Waals surface area contributed by atoms with Crippen molar-refractivity contribution >= 4 is 29.1 Å². The van der Waals surface area contributed by atoms with Crippen LogP contribution in [0.25, 0.3) is 0 Å². The van der Waals surface area contributed by atoms with E-state index in [1.165, 1.54) is 25.1 Å². The Morgan fingerprint density at radius 3 is 2.00 bits per heavy atom. The summed E-state index contributed by atoms with van der Waals surface area (Å²) in [6, 6.07) is 4.43. The molecule has 0 saturated heterocycles. The Morgan fingerprint density at radius 2 is 1.75 bits per heavy atom. The number of aryl methyl sites for hydroxylation is 1. The third-order valence-corrected chi connectivity index (χ3v) is 3.26. The molecule has 0 aliphatic heterocycles. The summed E-state index contributed by atoms with van der Waals surface area (Å²) in [6.07, 6.45) is 0. The van der Waals surface area contributed by atoms with Gasteiger partial charge in [0, 0.05) is 5.69 Å². The Balaban J connectivity index is 0.000000204. The minimum Gasteiger partial charge on any atom is -0.477 e. The maximum Gasteiger partial charge on any atom is 0.356 e. The van der Waals surface area contributed by atoms with E-state index in [1.807, 2.05) is 0 Å². The first kappa shape index (κ1) is 15.6. The average molecular weight is 296 g/mol. The number of hydrogen-bond acceptors (Lipinski definition) is 5. The molecule has 0 fully saturated rings. The zero-order valence-corrected chi connectivity index (χ0v) is 11.5. The molecule has 0 amide bonds. The topological polar surface area (TPSA) is 120 Å². The molecule has 0 aliphatic rings. The molecule has 0 radical (unpaired) electrons. The number of carboxylic acid groups (broad SMARTS) is 2. The van der Waals surface area contributed by atoms with Gasteiger partial charge in [-0.15, -0.1) is 11.3 Å². The Morgan fingerprint density at radius 1 is 1.15 bits per heavy atom. The molecular weight excluding hydrogens is 284 g/mol. The molecule has 20 heavy (non-hydrogen) atoms. The summed E-state index contributed by atoms with van der Waals surface area (Å²) >= 11 is 1.000. The molecule has 0 atom stereocenters. The number of aromatic nitrogens is 2. The van der Waals surface area contributed by atoms with Crippen molar-refractivity contribution in [3.63, 3.8) is 0 Å². The zero-order valence-electron chi connectivity index (χ0n) is 10.7. The van der Waals surface area contributed by atoms with E-state index in [-0.39, 0.29) is 16.4 Å². The van der Waals surface area contributed by atoms with Crippen LogP contribution in [-0.2, 0) is 0 Å². The van der Waals surface area contributed by atoms with Gasteiger partial charge in [-0.2, -0.15) is 5.10 Å². The monoisotopic (exact) mass is 296 g/mol. The second kappa shape index (κ2) is 6.62. The van der Waals surface area contributed by atoms with Crippen molar-refractivity contribution in [1.82, 2.24) is 10.2 Å². The predicted octanol–water partition coefficient (Wildman–Crippen LogP) is 2.07. The van der Waals surface area contributed by atoms with Gasteiger partial charge in [0.15, 0.2) is 11.5 Å². The van der Waals surface area contributed by atoms with E-state index < -0.39 is 11.9 Å². The first-order valence-corrected chi connectivity index (χ1v) is 6.22. The van der Waals surface area contributed by atoms with Crippen LogP contribution in [0.15, 0.2) is 18.2 Å². The van der Waals surface area contributed by atoms with Gasteiger partial charge in [0.1, 0.15) is 4.88 Å². The SMILES string of the molecule is CC(=O)c1ccc(C(=O)O)s1.Cc1cc(C(=O)O)n[nH]1. The second-order valence-electron chi connectivity index (χ2n) is 3.77. The molecule has 2 heterocycles. The quantitative estimate of drug-likeness (QED) is 0.745. The van der Waals surface area contributed by atoms with Crippen LogP contribution in [0.3, 0.4) is 0 Å². The van der Waals surface area contributed by atoms with Crippen molar-refractivity contribution in [2.24, 2.45) is 0 Å². The lowest BCUT2D eigenvalue weighted by molar-refractivity contribution is 0.0684. The Labute approximate surface area is 117 Å². The lowest BCUT2D eigenvalue weighted by Crippen LogP contribution is -1.95. The van der Waals surface area contributed by atoms with Gasteiger partial charge in [-0.1, -0.05) is 0 Å². The first-order chi connectivity index (χ1) is 9.31. The molecule has 2 rings (SSSR count). The molecule has 3 N–H and O–H groups in total. The molecule has 2 aromatic rings. The smallest absolute Gasteiger partial charge is 0.356 e. The van der Waals surface area contributed by atoms with E-state index in [0.717, 1.165) is 17.0 Å². The van der Waals surface area contributed by atoms with Crippen LogP contribution in [0.5, 0.6) is 0 Å². The van der Waals surface area contributed by atoms with Gasteiger partial charge in [0.25, 0.3) is 0 Å². The molecule has 0 aromatic carbocycles. The van der Waals surface area contributed by atoms with Gasteiger partial charge in [-0.3, -0.25) is 9.89 Å². The fraction of sp³-hybridized carbons (Fsp3) is 0.167. The Kier molecular flexibility index (Phi) is 5.15. The first-order valence-electron chi connectivity index (χ1n) is 5.40. The van der Waals surface area contributed by atoms with Crippen LogP contribution in [0.4, 0.5) is 0 Å². The van der Waals surface area contributed by atoms with Gasteiger partial charge in [0.2, 0.25) is 0 Å². The van der Waals surface area contributed by atoms with E-state index in [1.54, 1.807) is 6.92 Å². The normalized spacial score (nSPS) is 9.50. The van der Waals surface area contributed by atoms with Crippen LogP contribution in [0, 0.1) is 6.92 Å². The predicted molar refractivity (Wildman–Crippen MR) is 71.6 cm³/mol. The number of nitrogens with zero attached hydrogens (tertiary/aromatic N) is 1. The summed E-state index contributed by atoms with van der Waals surface area (Å²) in [6.45, 7) is 3.16. The second-order valence-corrected chi connectivity index (χ2v) is 4.85. The number of thiophene rings is 1. The number of H-pyrrole nitrogens is 1.